The lowest BCUT2D eigenvalue weighted by Gasteiger charge is -2.29. The van der Waals surface area contributed by atoms with Crippen molar-refractivity contribution in [2.75, 3.05) is 25.1 Å². The Hall–Kier alpha value is -0.290. The van der Waals surface area contributed by atoms with Crippen LogP contribution in [0, 0.1) is 0 Å². The number of piperidine rings is 1. The summed E-state index contributed by atoms with van der Waals surface area (Å²) in [6.07, 6.45) is 2.56. The molecule has 0 bridgehead atoms. The van der Waals surface area contributed by atoms with Gasteiger partial charge in [-0.3, -0.25) is 4.79 Å². The average molecular weight is 240 g/mol. The lowest BCUT2D eigenvalue weighted by Crippen LogP contribution is -2.41. The number of halogens is 1. The summed E-state index contributed by atoms with van der Waals surface area (Å²) in [4.78, 5) is 13.0. The molecule has 1 aliphatic heterocycles. The molecule has 0 radical (unpaired) electrons. The topological polar surface area (TPSA) is 54.5 Å². The van der Waals surface area contributed by atoms with Crippen LogP contribution < -0.4 is 0 Å². The van der Waals surface area contributed by atoms with E-state index in [1.807, 2.05) is 0 Å². The van der Waals surface area contributed by atoms with Gasteiger partial charge >= 0.3 is 0 Å². The van der Waals surface area contributed by atoms with Crippen LogP contribution in [0.2, 0.25) is 0 Å². The number of alkyl halides is 1. The highest BCUT2D eigenvalue weighted by atomic mass is 35.5. The van der Waals surface area contributed by atoms with Crippen molar-refractivity contribution in [1.29, 1.82) is 0 Å². The number of rotatable bonds is 2. The van der Waals surface area contributed by atoms with E-state index in [0.717, 1.165) is 19.1 Å². The second kappa shape index (κ2) is 4.49. The number of hydrogen-bond acceptors (Lipinski definition) is 3. The fourth-order valence-electron chi connectivity index (χ4n) is 1.41. The van der Waals surface area contributed by atoms with E-state index in [0.29, 0.717) is 13.1 Å². The van der Waals surface area contributed by atoms with Gasteiger partial charge in [-0.15, -0.1) is 11.6 Å². The first-order valence-corrected chi connectivity index (χ1v) is 6.98. The Bertz CT molecular complexity index is 307. The Morgan fingerprint density at radius 1 is 1.43 bits per heavy atom. The molecule has 4 nitrogen and oxygen atoms in total. The molecule has 1 aliphatic rings. The zero-order valence-corrected chi connectivity index (χ0v) is 9.64. The maximum absolute atomic E-state index is 11.4. The van der Waals surface area contributed by atoms with Crippen molar-refractivity contribution < 1.29 is 13.2 Å². The molecule has 0 unspecified atom stereocenters. The molecule has 1 fully saturated rings. The summed E-state index contributed by atoms with van der Waals surface area (Å²) in [7, 11) is -3.21. The molecule has 0 aromatic rings. The summed E-state index contributed by atoms with van der Waals surface area (Å²) < 4.78 is 21.8. The number of hydrogen-bond donors (Lipinski definition) is 0. The molecule has 0 saturated carbocycles. The van der Waals surface area contributed by atoms with Crippen LogP contribution in [0.25, 0.3) is 0 Å². The maximum atomic E-state index is 11.4. The SMILES string of the molecule is CS(=O)(=O)CC(=O)N1CCC(Cl)CC1. The van der Waals surface area contributed by atoms with Gasteiger partial charge in [-0.2, -0.15) is 0 Å². The van der Waals surface area contributed by atoms with Crippen molar-refractivity contribution in [2.45, 2.75) is 18.2 Å². The summed E-state index contributed by atoms with van der Waals surface area (Å²) in [5.74, 6) is -0.698. The third-order valence-corrected chi connectivity index (χ3v) is 3.37. The summed E-state index contributed by atoms with van der Waals surface area (Å²) in [5.41, 5.74) is 0. The molecule has 1 rings (SSSR count). The largest absolute Gasteiger partial charge is 0.342 e. The maximum Gasteiger partial charge on any atom is 0.237 e. The molecule has 1 saturated heterocycles. The van der Waals surface area contributed by atoms with Crippen LogP contribution in [0.3, 0.4) is 0 Å². The van der Waals surface area contributed by atoms with Gasteiger partial charge in [-0.05, 0) is 12.8 Å². The fraction of sp³-hybridized carbons (Fsp3) is 0.875. The van der Waals surface area contributed by atoms with E-state index in [2.05, 4.69) is 0 Å². The Labute approximate surface area is 89.1 Å². The van der Waals surface area contributed by atoms with Gasteiger partial charge in [0.05, 0.1) is 0 Å². The smallest absolute Gasteiger partial charge is 0.237 e. The van der Waals surface area contributed by atoms with E-state index in [4.69, 9.17) is 11.6 Å². The number of likely N-dealkylation sites (tertiary alicyclic amines) is 1. The highest BCUT2D eigenvalue weighted by molar-refractivity contribution is 7.91. The molecule has 1 heterocycles. The molecule has 0 atom stereocenters. The van der Waals surface area contributed by atoms with Gasteiger partial charge in [0.2, 0.25) is 5.91 Å². The second-order valence-corrected chi connectivity index (χ2v) is 6.38. The molecule has 14 heavy (non-hydrogen) atoms. The Kier molecular flexibility index (Phi) is 3.78. The molecule has 1 amide bonds. The van der Waals surface area contributed by atoms with Crippen LogP contribution in [0.4, 0.5) is 0 Å². The Morgan fingerprint density at radius 3 is 2.36 bits per heavy atom. The minimum Gasteiger partial charge on any atom is -0.342 e. The monoisotopic (exact) mass is 239 g/mol. The van der Waals surface area contributed by atoms with Gasteiger partial charge in [-0.1, -0.05) is 0 Å². The van der Waals surface area contributed by atoms with Gasteiger partial charge < -0.3 is 4.90 Å². The summed E-state index contributed by atoms with van der Waals surface area (Å²) in [6.45, 7) is 1.14. The van der Waals surface area contributed by atoms with Gasteiger partial charge in [0, 0.05) is 24.7 Å². The summed E-state index contributed by atoms with van der Waals surface area (Å²) >= 11 is 5.86. The van der Waals surface area contributed by atoms with Crippen LogP contribution >= 0.6 is 11.6 Å². The zero-order chi connectivity index (χ0) is 10.8. The quantitative estimate of drug-likeness (QED) is 0.650. The second-order valence-electron chi connectivity index (χ2n) is 3.63. The van der Waals surface area contributed by atoms with Crippen molar-refractivity contribution in [3.8, 4) is 0 Å². The van der Waals surface area contributed by atoms with Gasteiger partial charge in [0.25, 0.3) is 0 Å². The van der Waals surface area contributed by atoms with Crippen molar-refractivity contribution in [2.24, 2.45) is 0 Å². The summed E-state index contributed by atoms with van der Waals surface area (Å²) in [6, 6.07) is 0. The normalized spacial score (nSPS) is 19.7. The third-order valence-electron chi connectivity index (χ3n) is 2.16. The number of carbonyl (C=O) groups is 1. The van der Waals surface area contributed by atoms with Crippen molar-refractivity contribution in [1.82, 2.24) is 4.90 Å². The van der Waals surface area contributed by atoms with Gasteiger partial charge in [0.15, 0.2) is 9.84 Å². The van der Waals surface area contributed by atoms with E-state index < -0.39 is 9.84 Å². The predicted octanol–water partition coefficient (Wildman–Crippen LogP) is 0.261. The lowest BCUT2D eigenvalue weighted by atomic mass is 10.1. The van der Waals surface area contributed by atoms with Crippen LogP contribution in [-0.4, -0.2) is 49.7 Å². The van der Waals surface area contributed by atoms with Crippen molar-refractivity contribution in [3.63, 3.8) is 0 Å². The molecular weight excluding hydrogens is 226 g/mol. The molecule has 0 aromatic carbocycles. The lowest BCUT2D eigenvalue weighted by molar-refractivity contribution is -0.129. The first-order valence-electron chi connectivity index (χ1n) is 4.48. The third kappa shape index (κ3) is 3.84. The Morgan fingerprint density at radius 2 is 1.93 bits per heavy atom. The van der Waals surface area contributed by atoms with E-state index >= 15 is 0 Å². The van der Waals surface area contributed by atoms with Crippen LogP contribution in [0.15, 0.2) is 0 Å². The predicted molar refractivity (Wildman–Crippen MR) is 55.2 cm³/mol. The van der Waals surface area contributed by atoms with Crippen LogP contribution in [0.1, 0.15) is 12.8 Å². The zero-order valence-electron chi connectivity index (χ0n) is 8.07. The molecule has 82 valence electrons. The standard InChI is InChI=1S/C8H14ClNO3S/c1-14(12,13)6-8(11)10-4-2-7(9)3-5-10/h7H,2-6H2,1H3. The van der Waals surface area contributed by atoms with E-state index in [1.54, 1.807) is 4.90 Å². The molecule has 0 aliphatic carbocycles. The number of amides is 1. The Balaban J connectivity index is 2.46. The van der Waals surface area contributed by atoms with E-state index in [-0.39, 0.29) is 17.0 Å². The molecule has 0 N–H and O–H groups in total. The van der Waals surface area contributed by atoms with Crippen LogP contribution in [-0.2, 0) is 14.6 Å². The molecule has 0 aromatic heterocycles. The van der Waals surface area contributed by atoms with Gasteiger partial charge in [0.1, 0.15) is 5.75 Å². The van der Waals surface area contributed by atoms with Crippen molar-refractivity contribution >= 4 is 27.3 Å². The number of nitrogens with zero attached hydrogens (tertiary/aromatic N) is 1. The van der Waals surface area contributed by atoms with Gasteiger partial charge in [-0.25, -0.2) is 8.42 Å². The van der Waals surface area contributed by atoms with Crippen molar-refractivity contribution in [3.05, 3.63) is 0 Å². The fourth-order valence-corrected chi connectivity index (χ4v) is 2.24. The minimum absolute atomic E-state index is 0.122. The molecular formula is C8H14ClNO3S. The summed E-state index contributed by atoms with van der Waals surface area (Å²) in [5, 5.41) is 0.122. The first-order chi connectivity index (χ1) is 6.38. The average Bonchev–Trinajstić information content (AvgIpc) is 2.02. The van der Waals surface area contributed by atoms with E-state index in [9.17, 15) is 13.2 Å². The molecule has 0 spiro atoms. The minimum atomic E-state index is -3.21. The highest BCUT2D eigenvalue weighted by Gasteiger charge is 2.23. The molecule has 6 heteroatoms. The van der Waals surface area contributed by atoms with Crippen LogP contribution in [0.5, 0.6) is 0 Å². The van der Waals surface area contributed by atoms with E-state index in [1.165, 1.54) is 0 Å². The number of sulfone groups is 1. The highest BCUT2D eigenvalue weighted by Crippen LogP contribution is 2.15. The number of carbonyl (C=O) groups excluding carboxylic acids is 1. The first kappa shape index (κ1) is 11.8.